The van der Waals surface area contributed by atoms with Crippen molar-refractivity contribution in [3.63, 3.8) is 0 Å². The van der Waals surface area contributed by atoms with E-state index in [0.29, 0.717) is 28.2 Å². The van der Waals surface area contributed by atoms with Gasteiger partial charge in [-0.15, -0.1) is 0 Å². The van der Waals surface area contributed by atoms with Gasteiger partial charge in [0.1, 0.15) is 0 Å². The molecule has 0 saturated carbocycles. The maximum Gasteiger partial charge on any atom is 0.299 e. The molecule has 122 valence electrons. The lowest BCUT2D eigenvalue weighted by Crippen LogP contribution is -2.36. The van der Waals surface area contributed by atoms with Crippen molar-refractivity contribution in [2.45, 2.75) is 13.8 Å². The van der Waals surface area contributed by atoms with E-state index in [0.717, 1.165) is 11.1 Å². The molecule has 0 atom stereocenters. The third kappa shape index (κ3) is 2.93. The Morgan fingerprint density at radius 1 is 1.17 bits per heavy atom. The van der Waals surface area contributed by atoms with Gasteiger partial charge in [-0.2, -0.15) is 0 Å². The maximum atomic E-state index is 12.7. The Hall–Kier alpha value is -2.59. The molecular formula is C19H17ClN2O2. The van der Waals surface area contributed by atoms with Crippen molar-refractivity contribution < 1.29 is 9.59 Å². The van der Waals surface area contributed by atoms with Gasteiger partial charge in [0.15, 0.2) is 0 Å². The van der Waals surface area contributed by atoms with E-state index in [1.165, 1.54) is 4.90 Å². The molecule has 3 aromatic rings. The fraction of sp³-hybridized carbons (Fsp3) is 0.158. The minimum Gasteiger partial charge on any atom is -0.360 e. The predicted molar refractivity (Wildman–Crippen MR) is 96.8 cm³/mol. The van der Waals surface area contributed by atoms with Crippen LogP contribution in [-0.4, -0.2) is 23.2 Å². The number of amides is 1. The van der Waals surface area contributed by atoms with Crippen LogP contribution in [0.1, 0.15) is 22.8 Å². The van der Waals surface area contributed by atoms with E-state index in [9.17, 15) is 9.59 Å². The summed E-state index contributed by atoms with van der Waals surface area (Å²) in [4.78, 5) is 30.0. The first-order valence-electron chi connectivity index (χ1n) is 7.70. The van der Waals surface area contributed by atoms with Gasteiger partial charge in [0.05, 0.1) is 5.56 Å². The number of likely N-dealkylation sites (N-methyl/N-ethyl adjacent to an activating group) is 1. The minimum absolute atomic E-state index is 0.337. The van der Waals surface area contributed by atoms with Crippen LogP contribution in [0.15, 0.2) is 48.7 Å². The number of anilines is 1. The zero-order valence-corrected chi connectivity index (χ0v) is 14.2. The molecule has 4 nitrogen and oxygen atoms in total. The fourth-order valence-corrected chi connectivity index (χ4v) is 2.93. The lowest BCUT2D eigenvalue weighted by molar-refractivity contribution is -0.114. The van der Waals surface area contributed by atoms with Crippen molar-refractivity contribution in [2.75, 3.05) is 11.4 Å². The van der Waals surface area contributed by atoms with Crippen molar-refractivity contribution >= 4 is 39.9 Å². The molecule has 5 heteroatoms. The molecule has 0 radical (unpaired) electrons. The first kappa shape index (κ1) is 16.3. The third-order valence-corrected chi connectivity index (χ3v) is 4.19. The summed E-state index contributed by atoms with van der Waals surface area (Å²) in [7, 11) is 0. The quantitative estimate of drug-likeness (QED) is 0.566. The number of carbonyl (C=O) groups excluding carboxylic acids is 2. The van der Waals surface area contributed by atoms with Gasteiger partial charge in [-0.1, -0.05) is 23.7 Å². The molecule has 0 aliphatic carbocycles. The second kappa shape index (κ2) is 6.49. The Balaban J connectivity index is 1.98. The number of nitrogens with one attached hydrogen (secondary N) is 1. The molecule has 0 fully saturated rings. The van der Waals surface area contributed by atoms with Crippen LogP contribution in [0.25, 0.3) is 10.9 Å². The summed E-state index contributed by atoms with van der Waals surface area (Å²) in [6, 6.07) is 12.8. The van der Waals surface area contributed by atoms with Gasteiger partial charge in [-0.05, 0) is 49.7 Å². The number of rotatable bonds is 4. The summed E-state index contributed by atoms with van der Waals surface area (Å²) in [5.74, 6) is -1.10. The van der Waals surface area contributed by atoms with Gasteiger partial charge < -0.3 is 9.88 Å². The van der Waals surface area contributed by atoms with Crippen molar-refractivity contribution in [3.05, 3.63) is 64.8 Å². The zero-order chi connectivity index (χ0) is 17.3. The zero-order valence-electron chi connectivity index (χ0n) is 13.5. The summed E-state index contributed by atoms with van der Waals surface area (Å²) in [6.45, 7) is 4.21. The molecule has 0 saturated heterocycles. The number of fused-ring (bicyclic) bond motifs is 1. The number of aromatic nitrogens is 1. The van der Waals surface area contributed by atoms with Crippen molar-refractivity contribution in [1.82, 2.24) is 4.98 Å². The Morgan fingerprint density at radius 3 is 2.67 bits per heavy atom. The number of H-pyrrole nitrogens is 1. The molecular weight excluding hydrogens is 324 g/mol. The molecule has 2 aromatic carbocycles. The number of Topliss-reactive ketones (excluding diaryl/α,β-unsaturated/α-hetero) is 1. The normalized spacial score (nSPS) is 10.8. The lowest BCUT2D eigenvalue weighted by Gasteiger charge is -2.20. The van der Waals surface area contributed by atoms with E-state index < -0.39 is 11.7 Å². The summed E-state index contributed by atoms with van der Waals surface area (Å²) < 4.78 is 0. The first-order valence-corrected chi connectivity index (χ1v) is 8.08. The summed E-state index contributed by atoms with van der Waals surface area (Å²) in [5.41, 5.74) is 2.86. The summed E-state index contributed by atoms with van der Waals surface area (Å²) in [6.07, 6.45) is 1.56. The first-order chi connectivity index (χ1) is 11.5. The Bertz CT molecular complexity index is 930. The van der Waals surface area contributed by atoms with Gasteiger partial charge >= 0.3 is 0 Å². The highest BCUT2D eigenvalue weighted by Crippen LogP contribution is 2.24. The van der Waals surface area contributed by atoms with Crippen LogP contribution in [0.3, 0.4) is 0 Å². The van der Waals surface area contributed by atoms with Crippen molar-refractivity contribution in [1.29, 1.82) is 0 Å². The number of carbonyl (C=O) groups is 2. The number of nitrogens with zero attached hydrogens (tertiary/aromatic N) is 1. The number of halogens is 1. The smallest absolute Gasteiger partial charge is 0.299 e. The predicted octanol–water partition coefficient (Wildman–Crippen LogP) is 4.37. The van der Waals surface area contributed by atoms with Crippen molar-refractivity contribution in [3.8, 4) is 0 Å². The number of hydrogen-bond donors (Lipinski definition) is 1. The third-order valence-electron chi connectivity index (χ3n) is 3.96. The largest absolute Gasteiger partial charge is 0.360 e. The van der Waals surface area contributed by atoms with Crippen LogP contribution in [0.2, 0.25) is 5.02 Å². The number of aromatic amines is 1. The second-order valence-corrected chi connectivity index (χ2v) is 6.05. The Kier molecular flexibility index (Phi) is 4.40. The van der Waals surface area contributed by atoms with Crippen LogP contribution in [-0.2, 0) is 4.79 Å². The fourth-order valence-electron chi connectivity index (χ4n) is 2.76. The topological polar surface area (TPSA) is 53.2 Å². The molecule has 0 bridgehead atoms. The van der Waals surface area contributed by atoms with Crippen LogP contribution in [0.4, 0.5) is 5.69 Å². The van der Waals surface area contributed by atoms with E-state index in [4.69, 9.17) is 11.6 Å². The van der Waals surface area contributed by atoms with Gasteiger partial charge in [0.2, 0.25) is 0 Å². The molecule has 1 aromatic heterocycles. The molecule has 0 spiro atoms. The SMILES string of the molecule is CCN(C(=O)C(=O)c1c[nH]c2ccc(Cl)cc12)c1cccc(C)c1. The minimum atomic E-state index is -0.552. The number of ketones is 1. The number of aryl methyl sites for hydroxylation is 1. The van der Waals surface area contributed by atoms with Gasteiger partial charge in [-0.3, -0.25) is 9.59 Å². The van der Waals surface area contributed by atoms with Crippen LogP contribution in [0, 0.1) is 6.92 Å². The molecule has 3 rings (SSSR count). The molecule has 0 aliphatic heterocycles. The molecule has 1 N–H and O–H groups in total. The molecule has 0 unspecified atom stereocenters. The van der Waals surface area contributed by atoms with Crippen LogP contribution < -0.4 is 4.90 Å². The highest BCUT2D eigenvalue weighted by atomic mass is 35.5. The standard InChI is InChI=1S/C19H17ClN2O2/c1-3-22(14-6-4-5-12(2)9-14)19(24)18(23)16-11-21-17-8-7-13(20)10-15(16)17/h4-11,21H,3H2,1-2H3. The maximum absolute atomic E-state index is 12.7. The second-order valence-electron chi connectivity index (χ2n) is 5.61. The van der Waals surface area contributed by atoms with Gasteiger partial charge in [0, 0.05) is 34.4 Å². The lowest BCUT2D eigenvalue weighted by atomic mass is 10.1. The average molecular weight is 341 g/mol. The molecule has 1 amide bonds. The monoisotopic (exact) mass is 340 g/mol. The van der Waals surface area contributed by atoms with Crippen LogP contribution >= 0.6 is 11.6 Å². The summed E-state index contributed by atoms with van der Waals surface area (Å²) >= 11 is 6.01. The van der Waals surface area contributed by atoms with E-state index in [1.807, 2.05) is 38.1 Å². The van der Waals surface area contributed by atoms with Gasteiger partial charge in [0.25, 0.3) is 11.7 Å². The van der Waals surface area contributed by atoms with E-state index in [-0.39, 0.29) is 0 Å². The van der Waals surface area contributed by atoms with Crippen LogP contribution in [0.5, 0.6) is 0 Å². The molecule has 24 heavy (non-hydrogen) atoms. The molecule has 1 heterocycles. The highest BCUT2D eigenvalue weighted by Gasteiger charge is 2.25. The van der Waals surface area contributed by atoms with E-state index >= 15 is 0 Å². The van der Waals surface area contributed by atoms with E-state index in [2.05, 4.69) is 4.98 Å². The van der Waals surface area contributed by atoms with Crippen molar-refractivity contribution in [2.24, 2.45) is 0 Å². The Morgan fingerprint density at radius 2 is 1.96 bits per heavy atom. The molecule has 0 aliphatic rings. The van der Waals surface area contributed by atoms with Gasteiger partial charge in [-0.25, -0.2) is 0 Å². The average Bonchev–Trinajstić information content (AvgIpc) is 2.97. The number of hydrogen-bond acceptors (Lipinski definition) is 2. The Labute approximate surface area is 145 Å². The van der Waals surface area contributed by atoms with E-state index in [1.54, 1.807) is 24.4 Å². The number of benzene rings is 2. The summed E-state index contributed by atoms with van der Waals surface area (Å²) in [5, 5.41) is 1.18. The highest BCUT2D eigenvalue weighted by molar-refractivity contribution is 6.49.